The van der Waals surface area contributed by atoms with Gasteiger partial charge in [-0.3, -0.25) is 0 Å². The van der Waals surface area contributed by atoms with Crippen LogP contribution in [-0.4, -0.2) is 25.4 Å². The molecule has 0 aromatic heterocycles. The number of ether oxygens (including phenoxy) is 2. The third kappa shape index (κ3) is 3.95. The number of rotatable bonds is 3. The molecule has 0 amide bonds. The van der Waals surface area contributed by atoms with E-state index in [9.17, 15) is 4.39 Å². The van der Waals surface area contributed by atoms with Gasteiger partial charge in [-0.15, -0.1) is 0 Å². The smallest absolute Gasteiger partial charge is 0.135 e. The van der Waals surface area contributed by atoms with E-state index >= 15 is 0 Å². The van der Waals surface area contributed by atoms with Gasteiger partial charge in [-0.2, -0.15) is 0 Å². The Morgan fingerprint density at radius 3 is 3.00 bits per heavy atom. The van der Waals surface area contributed by atoms with Crippen molar-refractivity contribution in [3.63, 3.8) is 0 Å². The summed E-state index contributed by atoms with van der Waals surface area (Å²) in [6, 6.07) is 4.31. The molecule has 1 aliphatic heterocycles. The van der Waals surface area contributed by atoms with Gasteiger partial charge in [0.05, 0.1) is 24.3 Å². The van der Waals surface area contributed by atoms with Gasteiger partial charge in [0.1, 0.15) is 18.2 Å². The zero-order valence-electron chi connectivity index (χ0n) is 11.0. The lowest BCUT2D eigenvalue weighted by molar-refractivity contribution is 0.0264. The van der Waals surface area contributed by atoms with Crippen molar-refractivity contribution in [2.45, 2.75) is 32.0 Å². The largest absolute Gasteiger partial charge is 0.490 e. The Labute approximate surface area is 112 Å². The van der Waals surface area contributed by atoms with Gasteiger partial charge in [-0.25, -0.2) is 4.39 Å². The third-order valence-electron chi connectivity index (χ3n) is 3.01. The van der Waals surface area contributed by atoms with Crippen LogP contribution >= 0.6 is 0 Å². The van der Waals surface area contributed by atoms with E-state index < -0.39 is 0 Å². The molecule has 2 atom stereocenters. The van der Waals surface area contributed by atoms with E-state index in [4.69, 9.17) is 15.2 Å². The molecule has 3 nitrogen and oxygen atoms in total. The average molecular weight is 263 g/mol. The van der Waals surface area contributed by atoms with Crippen LogP contribution in [0.4, 0.5) is 4.39 Å². The summed E-state index contributed by atoms with van der Waals surface area (Å²) in [5.74, 6) is 5.76. The summed E-state index contributed by atoms with van der Waals surface area (Å²) < 4.78 is 24.5. The maximum Gasteiger partial charge on any atom is 0.135 e. The molecule has 2 N–H and O–H groups in total. The van der Waals surface area contributed by atoms with Gasteiger partial charge in [0.2, 0.25) is 0 Å². The first-order valence-electron chi connectivity index (χ1n) is 6.46. The van der Waals surface area contributed by atoms with E-state index in [1.807, 2.05) is 0 Å². The molecular formula is C15H18FNO2. The molecule has 0 saturated carbocycles. The first-order chi connectivity index (χ1) is 9.19. The van der Waals surface area contributed by atoms with Gasteiger partial charge >= 0.3 is 0 Å². The normalized spacial score (nSPS) is 21.8. The van der Waals surface area contributed by atoms with Crippen molar-refractivity contribution in [2.24, 2.45) is 5.73 Å². The van der Waals surface area contributed by atoms with Crippen LogP contribution in [0.1, 0.15) is 25.3 Å². The van der Waals surface area contributed by atoms with Crippen LogP contribution in [0.25, 0.3) is 0 Å². The Hall–Kier alpha value is -1.57. The molecule has 0 aliphatic carbocycles. The molecular weight excluding hydrogens is 245 g/mol. The molecule has 19 heavy (non-hydrogen) atoms. The Bertz CT molecular complexity index is 493. The highest BCUT2D eigenvalue weighted by molar-refractivity contribution is 5.46. The molecule has 4 heteroatoms. The van der Waals surface area contributed by atoms with Crippen molar-refractivity contribution in [1.82, 2.24) is 0 Å². The number of hydrogen-bond acceptors (Lipinski definition) is 3. The van der Waals surface area contributed by atoms with E-state index in [0.29, 0.717) is 24.0 Å². The summed E-state index contributed by atoms with van der Waals surface area (Å²) in [5.41, 5.74) is 5.85. The Balaban J connectivity index is 2.02. The zero-order valence-corrected chi connectivity index (χ0v) is 11.0. The van der Waals surface area contributed by atoms with Crippen molar-refractivity contribution in [1.29, 1.82) is 0 Å². The molecule has 1 aromatic carbocycles. The molecule has 2 unspecified atom stereocenters. The first-order valence-corrected chi connectivity index (χ1v) is 6.46. The molecule has 102 valence electrons. The van der Waals surface area contributed by atoms with Crippen molar-refractivity contribution in [3.8, 4) is 17.6 Å². The van der Waals surface area contributed by atoms with Crippen molar-refractivity contribution >= 4 is 0 Å². The fourth-order valence-corrected chi connectivity index (χ4v) is 2.06. The Morgan fingerprint density at radius 1 is 1.47 bits per heavy atom. The second-order valence-electron chi connectivity index (χ2n) is 4.60. The van der Waals surface area contributed by atoms with E-state index in [1.54, 1.807) is 6.07 Å². The average Bonchev–Trinajstić information content (AvgIpc) is 2.81. The van der Waals surface area contributed by atoms with Crippen molar-refractivity contribution in [3.05, 3.63) is 29.6 Å². The number of benzene rings is 1. The minimum absolute atomic E-state index is 0.107. The summed E-state index contributed by atoms with van der Waals surface area (Å²) in [7, 11) is 0. The Kier molecular flexibility index (Phi) is 4.78. The molecule has 1 heterocycles. The van der Waals surface area contributed by atoms with Crippen LogP contribution in [0.3, 0.4) is 0 Å². The fraction of sp³-hybridized carbons (Fsp3) is 0.467. The summed E-state index contributed by atoms with van der Waals surface area (Å²) in [5, 5.41) is 0. The molecule has 1 aliphatic rings. The lowest BCUT2D eigenvalue weighted by Gasteiger charge is -2.13. The monoisotopic (exact) mass is 263 g/mol. The molecule has 2 rings (SSSR count). The summed E-state index contributed by atoms with van der Waals surface area (Å²) >= 11 is 0. The van der Waals surface area contributed by atoms with E-state index in [0.717, 1.165) is 12.8 Å². The predicted molar refractivity (Wildman–Crippen MR) is 71.4 cm³/mol. The molecule has 1 saturated heterocycles. The van der Waals surface area contributed by atoms with Crippen molar-refractivity contribution < 1.29 is 13.9 Å². The van der Waals surface area contributed by atoms with E-state index in [1.165, 1.54) is 12.1 Å². The van der Waals surface area contributed by atoms with Crippen molar-refractivity contribution in [2.75, 3.05) is 13.2 Å². The molecule has 0 radical (unpaired) electrons. The van der Waals surface area contributed by atoms with Gasteiger partial charge in [-0.05, 0) is 38.0 Å². The summed E-state index contributed by atoms with van der Waals surface area (Å²) in [4.78, 5) is 0. The van der Waals surface area contributed by atoms with Crippen LogP contribution in [0, 0.1) is 17.7 Å². The number of halogens is 1. The molecule has 1 fully saturated rings. The zero-order chi connectivity index (χ0) is 13.7. The molecule has 0 bridgehead atoms. The minimum atomic E-state index is -0.334. The maximum absolute atomic E-state index is 13.2. The summed E-state index contributed by atoms with van der Waals surface area (Å²) in [6.07, 6.45) is 2.44. The quantitative estimate of drug-likeness (QED) is 0.849. The second-order valence-corrected chi connectivity index (χ2v) is 4.60. The second kappa shape index (κ2) is 6.55. The predicted octanol–water partition coefficient (Wildman–Crippen LogP) is 2.08. The van der Waals surface area contributed by atoms with Gasteiger partial charge < -0.3 is 15.2 Å². The number of hydrogen-bond donors (Lipinski definition) is 1. The van der Waals surface area contributed by atoms with Crippen LogP contribution in [0.5, 0.6) is 5.75 Å². The standard InChI is InChI=1S/C15H18FNO2/c1-11-4-6-14(19-11)10-18-15-7-5-13(16)9-12(15)3-2-8-17/h5,7,9,11,14H,4,6,8,10,17H2,1H3. The van der Waals surface area contributed by atoms with Gasteiger partial charge in [0, 0.05) is 0 Å². The lowest BCUT2D eigenvalue weighted by atomic mass is 10.2. The summed E-state index contributed by atoms with van der Waals surface area (Å²) in [6.45, 7) is 2.75. The van der Waals surface area contributed by atoms with Gasteiger partial charge in [-0.1, -0.05) is 11.8 Å². The molecule has 0 spiro atoms. The van der Waals surface area contributed by atoms with Crippen LogP contribution in [-0.2, 0) is 4.74 Å². The first kappa shape index (κ1) is 13.9. The Morgan fingerprint density at radius 2 is 2.32 bits per heavy atom. The SMILES string of the molecule is CC1CCC(COc2ccc(F)cc2C#CCN)O1. The van der Waals surface area contributed by atoms with E-state index in [-0.39, 0.29) is 18.5 Å². The maximum atomic E-state index is 13.2. The highest BCUT2D eigenvalue weighted by Crippen LogP contribution is 2.23. The van der Waals surface area contributed by atoms with Gasteiger partial charge in [0.25, 0.3) is 0 Å². The molecule has 1 aromatic rings. The van der Waals surface area contributed by atoms with E-state index in [2.05, 4.69) is 18.8 Å². The topological polar surface area (TPSA) is 44.5 Å². The van der Waals surface area contributed by atoms with Crippen LogP contribution in [0.2, 0.25) is 0 Å². The lowest BCUT2D eigenvalue weighted by Crippen LogP contribution is -2.18. The van der Waals surface area contributed by atoms with Crippen LogP contribution in [0.15, 0.2) is 18.2 Å². The highest BCUT2D eigenvalue weighted by atomic mass is 19.1. The fourth-order valence-electron chi connectivity index (χ4n) is 2.06. The van der Waals surface area contributed by atoms with Crippen LogP contribution < -0.4 is 10.5 Å². The highest BCUT2D eigenvalue weighted by Gasteiger charge is 2.22. The minimum Gasteiger partial charge on any atom is -0.490 e. The third-order valence-corrected chi connectivity index (χ3v) is 3.01. The number of nitrogens with two attached hydrogens (primary N) is 1. The van der Waals surface area contributed by atoms with Gasteiger partial charge in [0.15, 0.2) is 0 Å².